The quantitative estimate of drug-likeness (QED) is 0.866. The Morgan fingerprint density at radius 3 is 2.22 bits per heavy atom. The Bertz CT molecular complexity index is 441. The van der Waals surface area contributed by atoms with Crippen LogP contribution in [0, 0.1) is 16.7 Å². The molecule has 0 saturated heterocycles. The molecule has 2 rings (SSSR count). The number of rotatable bonds is 3. The van der Waals surface area contributed by atoms with Crippen molar-refractivity contribution in [2.45, 2.75) is 45.4 Å². The molecular weight excluding hydrogens is 220 g/mol. The Kier molecular flexibility index (Phi) is 3.34. The lowest BCUT2D eigenvalue weighted by Crippen LogP contribution is -2.35. The zero-order valence-corrected chi connectivity index (χ0v) is 11.6. The first-order chi connectivity index (χ1) is 8.45. The first-order valence-corrected chi connectivity index (χ1v) is 6.71. The molecule has 0 radical (unpaired) electrons. The summed E-state index contributed by atoms with van der Waals surface area (Å²) in [4.78, 5) is 0. The highest BCUT2D eigenvalue weighted by Crippen LogP contribution is 2.40. The summed E-state index contributed by atoms with van der Waals surface area (Å²) in [6.07, 6.45) is 3.27. The molecule has 1 aliphatic carbocycles. The molecule has 0 heterocycles. The van der Waals surface area contributed by atoms with Gasteiger partial charge in [0.2, 0.25) is 0 Å². The zero-order valence-electron chi connectivity index (χ0n) is 11.6. The molecule has 2 nitrogen and oxygen atoms in total. The van der Waals surface area contributed by atoms with Gasteiger partial charge in [0.05, 0.1) is 11.5 Å². The van der Waals surface area contributed by atoms with Gasteiger partial charge in [0, 0.05) is 12.2 Å². The van der Waals surface area contributed by atoms with Crippen molar-refractivity contribution >= 4 is 5.69 Å². The van der Waals surface area contributed by atoms with E-state index in [1.807, 2.05) is 0 Å². The summed E-state index contributed by atoms with van der Waals surface area (Å²) < 4.78 is 0. The average molecular weight is 242 g/mol. The summed E-state index contributed by atoms with van der Waals surface area (Å²) in [5, 5.41) is 12.6. The fourth-order valence-electron chi connectivity index (χ4n) is 2.29. The first-order valence-electron chi connectivity index (χ1n) is 6.71. The van der Waals surface area contributed by atoms with Crippen LogP contribution in [0.5, 0.6) is 0 Å². The second-order valence-corrected chi connectivity index (χ2v) is 6.43. The maximum absolute atomic E-state index is 9.18. The standard InChI is InChI=1S/C16H22N2/c1-15(2,3)13-5-7-14(8-6-13)18-12-16(11-17)9-4-10-16/h5-8,18H,4,9-10,12H2,1-3H3. The number of nitrogens with one attached hydrogen (secondary N) is 1. The summed E-state index contributed by atoms with van der Waals surface area (Å²) in [5.74, 6) is 0. The molecule has 1 aromatic rings. The molecule has 0 aliphatic heterocycles. The normalized spacial score (nSPS) is 17.7. The van der Waals surface area contributed by atoms with Crippen LogP contribution in [0.2, 0.25) is 0 Å². The van der Waals surface area contributed by atoms with Crippen LogP contribution in [-0.2, 0) is 5.41 Å². The summed E-state index contributed by atoms with van der Waals surface area (Å²) in [6, 6.07) is 11.0. The molecule has 1 fully saturated rings. The molecule has 18 heavy (non-hydrogen) atoms. The van der Waals surface area contributed by atoms with Crippen LogP contribution in [0.15, 0.2) is 24.3 Å². The van der Waals surface area contributed by atoms with E-state index < -0.39 is 0 Å². The van der Waals surface area contributed by atoms with Gasteiger partial charge >= 0.3 is 0 Å². The van der Waals surface area contributed by atoms with Crippen molar-refractivity contribution in [1.82, 2.24) is 0 Å². The molecular formula is C16H22N2. The van der Waals surface area contributed by atoms with E-state index in [1.165, 1.54) is 12.0 Å². The minimum atomic E-state index is -0.108. The van der Waals surface area contributed by atoms with Crippen molar-refractivity contribution in [3.05, 3.63) is 29.8 Å². The van der Waals surface area contributed by atoms with E-state index in [2.05, 4.69) is 56.4 Å². The third kappa shape index (κ3) is 2.67. The van der Waals surface area contributed by atoms with Crippen LogP contribution < -0.4 is 5.32 Å². The molecule has 2 heteroatoms. The van der Waals surface area contributed by atoms with E-state index in [0.29, 0.717) is 0 Å². The number of hydrogen-bond acceptors (Lipinski definition) is 2. The van der Waals surface area contributed by atoms with Crippen LogP contribution in [0.3, 0.4) is 0 Å². The molecule has 0 spiro atoms. The predicted molar refractivity (Wildman–Crippen MR) is 75.5 cm³/mol. The number of nitrogens with zero attached hydrogens (tertiary/aromatic N) is 1. The van der Waals surface area contributed by atoms with Gasteiger partial charge in [-0.05, 0) is 36.0 Å². The van der Waals surface area contributed by atoms with Gasteiger partial charge < -0.3 is 5.32 Å². The van der Waals surface area contributed by atoms with Crippen LogP contribution in [-0.4, -0.2) is 6.54 Å². The smallest absolute Gasteiger partial charge is 0.0746 e. The van der Waals surface area contributed by atoms with Gasteiger partial charge in [-0.3, -0.25) is 0 Å². The summed E-state index contributed by atoms with van der Waals surface area (Å²) in [6.45, 7) is 7.43. The van der Waals surface area contributed by atoms with Crippen molar-refractivity contribution in [1.29, 1.82) is 5.26 Å². The highest BCUT2D eigenvalue weighted by molar-refractivity contribution is 5.46. The van der Waals surface area contributed by atoms with Gasteiger partial charge in [0.25, 0.3) is 0 Å². The fourth-order valence-corrected chi connectivity index (χ4v) is 2.29. The number of anilines is 1. The van der Waals surface area contributed by atoms with Crippen molar-refractivity contribution in [3.63, 3.8) is 0 Å². The molecule has 1 saturated carbocycles. The minimum absolute atomic E-state index is 0.108. The lowest BCUT2D eigenvalue weighted by molar-refractivity contribution is 0.233. The highest BCUT2D eigenvalue weighted by Gasteiger charge is 2.36. The summed E-state index contributed by atoms with van der Waals surface area (Å²) in [5.41, 5.74) is 2.54. The number of hydrogen-bond donors (Lipinski definition) is 1. The van der Waals surface area contributed by atoms with E-state index >= 15 is 0 Å². The Morgan fingerprint density at radius 1 is 1.22 bits per heavy atom. The van der Waals surface area contributed by atoms with Gasteiger partial charge in [-0.1, -0.05) is 39.3 Å². The predicted octanol–water partition coefficient (Wildman–Crippen LogP) is 4.09. The zero-order chi connectivity index (χ0) is 13.2. The monoisotopic (exact) mass is 242 g/mol. The third-order valence-corrected chi connectivity index (χ3v) is 3.93. The van der Waals surface area contributed by atoms with Gasteiger partial charge in [-0.25, -0.2) is 0 Å². The summed E-state index contributed by atoms with van der Waals surface area (Å²) >= 11 is 0. The van der Waals surface area contributed by atoms with Crippen molar-refractivity contribution in [3.8, 4) is 6.07 Å². The van der Waals surface area contributed by atoms with E-state index in [0.717, 1.165) is 25.1 Å². The van der Waals surface area contributed by atoms with E-state index in [1.54, 1.807) is 0 Å². The van der Waals surface area contributed by atoms with Crippen LogP contribution >= 0.6 is 0 Å². The van der Waals surface area contributed by atoms with E-state index in [-0.39, 0.29) is 10.8 Å². The molecule has 1 aliphatic rings. The molecule has 0 atom stereocenters. The fraction of sp³-hybridized carbons (Fsp3) is 0.562. The second-order valence-electron chi connectivity index (χ2n) is 6.43. The minimum Gasteiger partial charge on any atom is -0.383 e. The maximum atomic E-state index is 9.18. The Labute approximate surface area is 110 Å². The van der Waals surface area contributed by atoms with Gasteiger partial charge in [0.15, 0.2) is 0 Å². The number of nitriles is 1. The average Bonchev–Trinajstić information content (AvgIpc) is 2.28. The second kappa shape index (κ2) is 4.65. The first kappa shape index (κ1) is 13.0. The lowest BCUT2D eigenvalue weighted by Gasteiger charge is -2.35. The van der Waals surface area contributed by atoms with Gasteiger partial charge in [0.1, 0.15) is 0 Å². The van der Waals surface area contributed by atoms with E-state index in [4.69, 9.17) is 0 Å². The van der Waals surface area contributed by atoms with Gasteiger partial charge in [-0.2, -0.15) is 5.26 Å². The van der Waals surface area contributed by atoms with Crippen molar-refractivity contribution in [2.24, 2.45) is 5.41 Å². The van der Waals surface area contributed by atoms with Crippen molar-refractivity contribution < 1.29 is 0 Å². The lowest BCUT2D eigenvalue weighted by atomic mass is 9.70. The highest BCUT2D eigenvalue weighted by atomic mass is 14.9. The maximum Gasteiger partial charge on any atom is 0.0746 e. The molecule has 96 valence electrons. The van der Waals surface area contributed by atoms with E-state index in [9.17, 15) is 5.26 Å². The molecule has 0 aromatic heterocycles. The molecule has 1 aromatic carbocycles. The van der Waals surface area contributed by atoms with Crippen molar-refractivity contribution in [2.75, 3.05) is 11.9 Å². The third-order valence-electron chi connectivity index (χ3n) is 3.93. The molecule has 0 unspecified atom stereocenters. The molecule has 1 N–H and O–H groups in total. The Morgan fingerprint density at radius 2 is 1.83 bits per heavy atom. The largest absolute Gasteiger partial charge is 0.383 e. The Balaban J connectivity index is 1.97. The topological polar surface area (TPSA) is 35.8 Å². The Hall–Kier alpha value is -1.49. The molecule has 0 amide bonds. The van der Waals surface area contributed by atoms with Crippen LogP contribution in [0.25, 0.3) is 0 Å². The SMILES string of the molecule is CC(C)(C)c1ccc(NCC2(C#N)CCC2)cc1. The van der Waals surface area contributed by atoms with Crippen LogP contribution in [0.4, 0.5) is 5.69 Å². The summed E-state index contributed by atoms with van der Waals surface area (Å²) in [7, 11) is 0. The number of benzene rings is 1. The van der Waals surface area contributed by atoms with Crippen LogP contribution in [0.1, 0.15) is 45.6 Å². The molecule has 0 bridgehead atoms. The van der Waals surface area contributed by atoms with Gasteiger partial charge in [-0.15, -0.1) is 0 Å².